The molecule has 5 heteroatoms. The van der Waals surface area contributed by atoms with Crippen LogP contribution in [0.5, 0.6) is 0 Å². The Hall–Kier alpha value is -1.36. The highest BCUT2D eigenvalue weighted by Gasteiger charge is 2.20. The number of nitrogens with one attached hydrogen (secondary N) is 1. The minimum absolute atomic E-state index is 0.602. The van der Waals surface area contributed by atoms with Crippen LogP contribution < -0.4 is 10.2 Å². The third kappa shape index (κ3) is 4.57. The number of rotatable bonds is 4. The number of hydrogen-bond acceptors (Lipinski definition) is 3. The van der Waals surface area contributed by atoms with E-state index >= 15 is 0 Å². The number of piperazine rings is 1. The van der Waals surface area contributed by atoms with Gasteiger partial charge < -0.3 is 15.1 Å². The summed E-state index contributed by atoms with van der Waals surface area (Å²) in [5.74, 6) is 1.03. The molecule has 0 saturated carbocycles. The average Bonchev–Trinajstić information content (AvgIpc) is 2.55. The van der Waals surface area contributed by atoms with Crippen molar-refractivity contribution in [3.63, 3.8) is 0 Å². The van der Waals surface area contributed by atoms with Crippen molar-refractivity contribution in [1.82, 2.24) is 10.2 Å². The standard InChI is InChI=1S/C17H28N4S/c1-14-6-5-7-16(12-14)20-8-10-21(11-9-20)17(18-3)19-13-15(2)22-4/h5-7,12,15H,8-11,13H2,1-4H3,(H,18,19). The Labute approximate surface area is 139 Å². The van der Waals surface area contributed by atoms with E-state index in [4.69, 9.17) is 0 Å². The molecule has 1 aliphatic rings. The molecule has 0 bridgehead atoms. The molecule has 1 saturated heterocycles. The van der Waals surface area contributed by atoms with Gasteiger partial charge in [-0.05, 0) is 30.9 Å². The minimum atomic E-state index is 0.602. The summed E-state index contributed by atoms with van der Waals surface area (Å²) >= 11 is 1.88. The van der Waals surface area contributed by atoms with E-state index in [1.165, 1.54) is 11.3 Å². The van der Waals surface area contributed by atoms with Gasteiger partial charge in [0.05, 0.1) is 0 Å². The van der Waals surface area contributed by atoms with Crippen LogP contribution in [0.15, 0.2) is 29.3 Å². The summed E-state index contributed by atoms with van der Waals surface area (Å²) in [7, 11) is 1.87. The van der Waals surface area contributed by atoms with Crippen LogP contribution in [-0.4, -0.2) is 62.1 Å². The molecule has 0 amide bonds. The zero-order valence-electron chi connectivity index (χ0n) is 14.2. The molecule has 122 valence electrons. The maximum atomic E-state index is 4.43. The zero-order valence-corrected chi connectivity index (χ0v) is 15.0. The van der Waals surface area contributed by atoms with Crippen molar-refractivity contribution in [2.24, 2.45) is 4.99 Å². The first-order valence-corrected chi connectivity index (χ1v) is 9.23. The van der Waals surface area contributed by atoms with Crippen molar-refractivity contribution in [2.75, 3.05) is 50.9 Å². The minimum Gasteiger partial charge on any atom is -0.368 e. The van der Waals surface area contributed by atoms with Crippen LogP contribution in [0.4, 0.5) is 5.69 Å². The Balaban J connectivity index is 1.88. The van der Waals surface area contributed by atoms with Crippen molar-refractivity contribution in [3.05, 3.63) is 29.8 Å². The number of benzene rings is 1. The van der Waals surface area contributed by atoms with E-state index in [2.05, 4.69) is 64.5 Å². The summed E-state index contributed by atoms with van der Waals surface area (Å²) in [6, 6.07) is 8.76. The van der Waals surface area contributed by atoms with Crippen LogP contribution in [-0.2, 0) is 0 Å². The van der Waals surface area contributed by atoms with Crippen molar-refractivity contribution < 1.29 is 0 Å². The lowest BCUT2D eigenvalue weighted by atomic mass is 10.2. The SMILES string of the molecule is CN=C(NCC(C)SC)N1CCN(c2cccc(C)c2)CC1. The van der Waals surface area contributed by atoms with Crippen molar-refractivity contribution >= 4 is 23.4 Å². The van der Waals surface area contributed by atoms with Gasteiger partial charge in [-0.15, -0.1) is 0 Å². The third-order valence-electron chi connectivity index (χ3n) is 4.11. The Kier molecular flexibility index (Phi) is 6.43. The third-order valence-corrected chi connectivity index (χ3v) is 5.08. The summed E-state index contributed by atoms with van der Waals surface area (Å²) in [6.45, 7) is 9.47. The van der Waals surface area contributed by atoms with Gasteiger partial charge >= 0.3 is 0 Å². The topological polar surface area (TPSA) is 30.9 Å². The van der Waals surface area contributed by atoms with Crippen LogP contribution in [0.1, 0.15) is 12.5 Å². The Morgan fingerprint density at radius 3 is 2.64 bits per heavy atom. The highest BCUT2D eigenvalue weighted by Crippen LogP contribution is 2.17. The fourth-order valence-corrected chi connectivity index (χ4v) is 2.90. The highest BCUT2D eigenvalue weighted by atomic mass is 32.2. The zero-order chi connectivity index (χ0) is 15.9. The molecule has 2 rings (SSSR count). The molecule has 1 aromatic rings. The summed E-state index contributed by atoms with van der Waals surface area (Å²) < 4.78 is 0. The predicted octanol–water partition coefficient (Wildman–Crippen LogP) is 2.44. The molecule has 1 aliphatic heterocycles. The normalized spacial score (nSPS) is 17.5. The monoisotopic (exact) mass is 320 g/mol. The summed E-state index contributed by atoms with van der Waals surface area (Å²) in [4.78, 5) is 9.25. The number of hydrogen-bond donors (Lipinski definition) is 1. The second kappa shape index (κ2) is 8.32. The van der Waals surface area contributed by atoms with E-state index in [1.54, 1.807) is 0 Å². The summed E-state index contributed by atoms with van der Waals surface area (Å²) in [5, 5.41) is 4.09. The number of aliphatic imine (C=N–C) groups is 1. The van der Waals surface area contributed by atoms with Gasteiger partial charge in [-0.1, -0.05) is 19.1 Å². The molecule has 1 fully saturated rings. The first kappa shape index (κ1) is 17.0. The molecule has 0 aliphatic carbocycles. The lowest BCUT2D eigenvalue weighted by Gasteiger charge is -2.38. The van der Waals surface area contributed by atoms with Crippen molar-refractivity contribution in [1.29, 1.82) is 0 Å². The van der Waals surface area contributed by atoms with Crippen LogP contribution in [0.25, 0.3) is 0 Å². The van der Waals surface area contributed by atoms with E-state index in [-0.39, 0.29) is 0 Å². The highest BCUT2D eigenvalue weighted by molar-refractivity contribution is 7.99. The Morgan fingerprint density at radius 2 is 2.05 bits per heavy atom. The maximum absolute atomic E-state index is 4.43. The number of guanidine groups is 1. The fraction of sp³-hybridized carbons (Fsp3) is 0.588. The second-order valence-electron chi connectivity index (χ2n) is 5.79. The van der Waals surface area contributed by atoms with Gasteiger partial charge in [-0.25, -0.2) is 0 Å². The molecule has 0 aromatic heterocycles. The molecular formula is C17H28N4S. The molecule has 1 heterocycles. The molecule has 1 unspecified atom stereocenters. The first-order chi connectivity index (χ1) is 10.6. The fourth-order valence-electron chi connectivity index (χ4n) is 2.65. The predicted molar refractivity (Wildman–Crippen MR) is 99.3 cm³/mol. The second-order valence-corrected chi connectivity index (χ2v) is 7.06. The molecule has 4 nitrogen and oxygen atoms in total. The van der Waals surface area contributed by atoms with Gasteiger partial charge in [0, 0.05) is 50.7 Å². The van der Waals surface area contributed by atoms with E-state index in [0.29, 0.717) is 5.25 Å². The average molecular weight is 321 g/mol. The summed E-state index contributed by atoms with van der Waals surface area (Å²) in [6.07, 6.45) is 2.15. The maximum Gasteiger partial charge on any atom is 0.193 e. The first-order valence-electron chi connectivity index (χ1n) is 7.94. The van der Waals surface area contributed by atoms with E-state index in [0.717, 1.165) is 38.7 Å². The molecule has 0 spiro atoms. The van der Waals surface area contributed by atoms with Gasteiger partial charge in [0.1, 0.15) is 0 Å². The molecule has 1 atom stereocenters. The van der Waals surface area contributed by atoms with E-state index in [9.17, 15) is 0 Å². The molecule has 22 heavy (non-hydrogen) atoms. The van der Waals surface area contributed by atoms with Crippen molar-refractivity contribution in [3.8, 4) is 0 Å². The van der Waals surface area contributed by atoms with E-state index in [1.807, 2.05) is 18.8 Å². The van der Waals surface area contributed by atoms with Crippen LogP contribution in [0, 0.1) is 6.92 Å². The number of aryl methyl sites for hydroxylation is 1. The largest absolute Gasteiger partial charge is 0.368 e. The van der Waals surface area contributed by atoms with Gasteiger partial charge in [0.15, 0.2) is 5.96 Å². The van der Waals surface area contributed by atoms with Crippen LogP contribution >= 0.6 is 11.8 Å². The quantitative estimate of drug-likeness (QED) is 0.682. The molecular weight excluding hydrogens is 292 g/mol. The summed E-state index contributed by atoms with van der Waals surface area (Å²) in [5.41, 5.74) is 2.65. The van der Waals surface area contributed by atoms with Gasteiger partial charge in [-0.2, -0.15) is 11.8 Å². The molecule has 0 radical (unpaired) electrons. The number of nitrogens with zero attached hydrogens (tertiary/aromatic N) is 3. The number of anilines is 1. The lowest BCUT2D eigenvalue weighted by Crippen LogP contribution is -2.53. The molecule has 1 aromatic carbocycles. The Bertz CT molecular complexity index is 495. The lowest BCUT2D eigenvalue weighted by molar-refractivity contribution is 0.373. The van der Waals surface area contributed by atoms with E-state index < -0.39 is 0 Å². The molecule has 1 N–H and O–H groups in total. The van der Waals surface area contributed by atoms with Gasteiger partial charge in [-0.3, -0.25) is 4.99 Å². The smallest absolute Gasteiger partial charge is 0.193 e. The Morgan fingerprint density at radius 1 is 1.32 bits per heavy atom. The van der Waals surface area contributed by atoms with Crippen molar-refractivity contribution in [2.45, 2.75) is 19.1 Å². The van der Waals surface area contributed by atoms with Crippen LogP contribution in [0.3, 0.4) is 0 Å². The van der Waals surface area contributed by atoms with Gasteiger partial charge in [0.2, 0.25) is 0 Å². The van der Waals surface area contributed by atoms with Gasteiger partial charge in [0.25, 0.3) is 0 Å². The van der Waals surface area contributed by atoms with Crippen LogP contribution in [0.2, 0.25) is 0 Å². The number of thioether (sulfide) groups is 1.